The van der Waals surface area contributed by atoms with Gasteiger partial charge in [-0.3, -0.25) is 4.98 Å². The van der Waals surface area contributed by atoms with Gasteiger partial charge >= 0.3 is 6.18 Å². The molecular weight excluding hydrogens is 257 g/mol. The summed E-state index contributed by atoms with van der Waals surface area (Å²) < 4.78 is 44.5. The second-order valence-corrected chi connectivity index (χ2v) is 4.40. The number of hydrogen-bond acceptors (Lipinski definition) is 3. The SMILES string of the molecule is CCOC1=Nc2c(C(F)(F)F)cc(C)nc2CCC1. The van der Waals surface area contributed by atoms with Gasteiger partial charge in [-0.1, -0.05) is 0 Å². The Morgan fingerprint density at radius 3 is 2.68 bits per heavy atom. The summed E-state index contributed by atoms with van der Waals surface area (Å²) in [6.07, 6.45) is -2.71. The minimum atomic E-state index is -4.43. The Morgan fingerprint density at radius 1 is 1.32 bits per heavy atom. The predicted molar refractivity (Wildman–Crippen MR) is 65.6 cm³/mol. The van der Waals surface area contributed by atoms with E-state index in [0.717, 1.165) is 6.07 Å². The van der Waals surface area contributed by atoms with Crippen molar-refractivity contribution in [1.29, 1.82) is 0 Å². The van der Waals surface area contributed by atoms with Crippen LogP contribution in [0.3, 0.4) is 0 Å². The number of aryl methyl sites for hydroxylation is 2. The number of rotatable bonds is 1. The van der Waals surface area contributed by atoms with Gasteiger partial charge in [-0.15, -0.1) is 0 Å². The summed E-state index contributed by atoms with van der Waals surface area (Å²) in [7, 11) is 0. The summed E-state index contributed by atoms with van der Waals surface area (Å²) in [5.41, 5.74) is -0.0451. The van der Waals surface area contributed by atoms with Crippen molar-refractivity contribution in [1.82, 2.24) is 4.98 Å². The van der Waals surface area contributed by atoms with Crippen molar-refractivity contribution < 1.29 is 17.9 Å². The first-order valence-corrected chi connectivity index (χ1v) is 6.20. The summed E-state index contributed by atoms with van der Waals surface area (Å²) in [5, 5.41) is 0. The molecule has 0 radical (unpaired) electrons. The van der Waals surface area contributed by atoms with Crippen LogP contribution in [0.25, 0.3) is 0 Å². The van der Waals surface area contributed by atoms with E-state index in [9.17, 15) is 13.2 Å². The molecule has 0 saturated carbocycles. The van der Waals surface area contributed by atoms with E-state index >= 15 is 0 Å². The number of pyridine rings is 1. The third-order valence-corrected chi connectivity index (χ3v) is 2.85. The lowest BCUT2D eigenvalue weighted by atomic mass is 10.1. The molecule has 3 nitrogen and oxygen atoms in total. The number of fused-ring (bicyclic) bond motifs is 1. The molecule has 1 aliphatic heterocycles. The van der Waals surface area contributed by atoms with Gasteiger partial charge in [0.15, 0.2) is 5.90 Å². The van der Waals surface area contributed by atoms with Crippen LogP contribution in [-0.2, 0) is 17.3 Å². The van der Waals surface area contributed by atoms with Crippen molar-refractivity contribution >= 4 is 11.6 Å². The molecule has 0 fully saturated rings. The van der Waals surface area contributed by atoms with Crippen LogP contribution in [0.1, 0.15) is 36.7 Å². The number of nitrogens with zero attached hydrogens (tertiary/aromatic N) is 2. The second-order valence-electron chi connectivity index (χ2n) is 4.40. The first-order valence-electron chi connectivity index (χ1n) is 6.20. The van der Waals surface area contributed by atoms with Crippen LogP contribution in [0.4, 0.5) is 18.9 Å². The molecule has 0 saturated heterocycles. The lowest BCUT2D eigenvalue weighted by Gasteiger charge is -2.13. The van der Waals surface area contributed by atoms with E-state index in [1.54, 1.807) is 13.8 Å². The fraction of sp³-hybridized carbons (Fsp3) is 0.538. The van der Waals surface area contributed by atoms with Crippen LogP contribution in [0.15, 0.2) is 11.1 Å². The smallest absolute Gasteiger partial charge is 0.418 e. The highest BCUT2D eigenvalue weighted by atomic mass is 19.4. The standard InChI is InChI=1S/C13H15F3N2O/c1-3-19-11-6-4-5-10-12(18-11)9(13(14,15)16)7-8(2)17-10/h7H,3-6H2,1-2H3. The molecule has 104 valence electrons. The van der Waals surface area contributed by atoms with E-state index in [2.05, 4.69) is 9.98 Å². The maximum absolute atomic E-state index is 13.1. The van der Waals surface area contributed by atoms with Crippen LogP contribution in [-0.4, -0.2) is 17.5 Å². The zero-order valence-corrected chi connectivity index (χ0v) is 10.8. The lowest BCUT2D eigenvalue weighted by molar-refractivity contribution is -0.137. The largest absolute Gasteiger partial charge is 0.481 e. The molecule has 0 spiro atoms. The number of aliphatic imine (C=N–C) groups is 1. The number of ether oxygens (including phenoxy) is 1. The number of halogens is 3. The fourth-order valence-electron chi connectivity index (χ4n) is 2.10. The molecule has 0 aliphatic carbocycles. The zero-order chi connectivity index (χ0) is 14.0. The molecule has 0 amide bonds. The van der Waals surface area contributed by atoms with Gasteiger partial charge in [0, 0.05) is 12.1 Å². The van der Waals surface area contributed by atoms with Crippen LogP contribution in [0, 0.1) is 6.92 Å². The summed E-state index contributed by atoms with van der Waals surface area (Å²) in [4.78, 5) is 8.23. The van der Waals surface area contributed by atoms with E-state index in [1.165, 1.54) is 0 Å². The van der Waals surface area contributed by atoms with Crippen molar-refractivity contribution in [3.8, 4) is 0 Å². The molecule has 0 unspecified atom stereocenters. The minimum Gasteiger partial charge on any atom is -0.481 e. The topological polar surface area (TPSA) is 34.5 Å². The Kier molecular flexibility index (Phi) is 3.78. The van der Waals surface area contributed by atoms with Crippen molar-refractivity contribution in [3.63, 3.8) is 0 Å². The highest BCUT2D eigenvalue weighted by molar-refractivity contribution is 5.81. The van der Waals surface area contributed by atoms with Crippen LogP contribution in [0.5, 0.6) is 0 Å². The Balaban J connectivity index is 2.58. The zero-order valence-electron chi connectivity index (χ0n) is 10.8. The lowest BCUT2D eigenvalue weighted by Crippen LogP contribution is -2.09. The van der Waals surface area contributed by atoms with Gasteiger partial charge in [0.25, 0.3) is 0 Å². The third kappa shape index (κ3) is 3.05. The summed E-state index contributed by atoms with van der Waals surface area (Å²) in [6.45, 7) is 3.74. The molecule has 19 heavy (non-hydrogen) atoms. The van der Waals surface area contributed by atoms with Crippen molar-refractivity contribution in [2.45, 2.75) is 39.3 Å². The quantitative estimate of drug-likeness (QED) is 0.779. The molecule has 1 aliphatic rings. The Labute approximate surface area is 109 Å². The Bertz CT molecular complexity index is 509. The average molecular weight is 272 g/mol. The highest BCUT2D eigenvalue weighted by Gasteiger charge is 2.36. The highest BCUT2D eigenvalue weighted by Crippen LogP contribution is 2.39. The van der Waals surface area contributed by atoms with Gasteiger partial charge in [-0.25, -0.2) is 4.99 Å². The van der Waals surface area contributed by atoms with E-state index in [-0.39, 0.29) is 5.69 Å². The van der Waals surface area contributed by atoms with E-state index < -0.39 is 11.7 Å². The summed E-state index contributed by atoms with van der Waals surface area (Å²) >= 11 is 0. The predicted octanol–water partition coefficient (Wildman–Crippen LogP) is 3.81. The van der Waals surface area contributed by atoms with Gasteiger partial charge in [-0.2, -0.15) is 13.2 Å². The molecule has 1 aromatic rings. The monoisotopic (exact) mass is 272 g/mol. The van der Waals surface area contributed by atoms with Crippen molar-refractivity contribution in [2.24, 2.45) is 4.99 Å². The maximum Gasteiger partial charge on any atom is 0.418 e. The van der Waals surface area contributed by atoms with E-state index in [0.29, 0.717) is 43.2 Å². The maximum atomic E-state index is 13.1. The summed E-state index contributed by atoms with van der Waals surface area (Å²) in [6, 6.07) is 1.04. The van der Waals surface area contributed by atoms with Gasteiger partial charge in [0.05, 0.1) is 17.9 Å². The van der Waals surface area contributed by atoms with Crippen molar-refractivity contribution in [3.05, 3.63) is 23.0 Å². The number of hydrogen-bond donors (Lipinski definition) is 0. The van der Waals surface area contributed by atoms with Crippen molar-refractivity contribution in [2.75, 3.05) is 6.61 Å². The fourth-order valence-corrected chi connectivity index (χ4v) is 2.10. The molecule has 0 aromatic carbocycles. The Hall–Kier alpha value is -1.59. The van der Waals surface area contributed by atoms with Gasteiger partial charge in [0.2, 0.25) is 0 Å². The van der Waals surface area contributed by atoms with E-state index in [1.807, 2.05) is 0 Å². The second kappa shape index (κ2) is 5.19. The van der Waals surface area contributed by atoms with Crippen LogP contribution < -0.4 is 0 Å². The van der Waals surface area contributed by atoms with Crippen LogP contribution >= 0.6 is 0 Å². The van der Waals surface area contributed by atoms with Crippen LogP contribution in [0.2, 0.25) is 0 Å². The first-order chi connectivity index (χ1) is 8.91. The van der Waals surface area contributed by atoms with Gasteiger partial charge < -0.3 is 4.74 Å². The minimum absolute atomic E-state index is 0.0842. The number of alkyl halides is 3. The molecular formula is C13H15F3N2O. The molecule has 6 heteroatoms. The van der Waals surface area contributed by atoms with Gasteiger partial charge in [-0.05, 0) is 32.8 Å². The molecule has 0 atom stereocenters. The number of aromatic nitrogens is 1. The van der Waals surface area contributed by atoms with E-state index in [4.69, 9.17) is 4.74 Å². The Morgan fingerprint density at radius 2 is 2.05 bits per heavy atom. The molecule has 2 rings (SSSR count). The summed E-state index contributed by atoms with van der Waals surface area (Å²) in [5.74, 6) is 0.359. The normalized spacial score (nSPS) is 15.5. The average Bonchev–Trinajstić information content (AvgIpc) is 2.49. The third-order valence-electron chi connectivity index (χ3n) is 2.85. The molecule has 1 aromatic heterocycles. The molecule has 0 N–H and O–H groups in total. The molecule has 0 bridgehead atoms. The molecule has 2 heterocycles. The first kappa shape index (κ1) is 13.8. The van der Waals surface area contributed by atoms with Gasteiger partial charge in [0.1, 0.15) is 5.69 Å².